The van der Waals surface area contributed by atoms with E-state index in [9.17, 15) is 8.42 Å². The number of hydrogen-bond donors (Lipinski definition) is 3. The standard InChI is InChI=1S/C21H30N4O3S.HI/c1-21(2,3)28-19-9-7-6-8-17(19)15-25-20(22-4)24-14-16-10-12-18(13-11-16)29(26,27)23-5;/h6-13,23H,14-15H2,1-5H3,(H2,22,24,25);1H. The lowest BCUT2D eigenvalue weighted by Gasteiger charge is -2.23. The summed E-state index contributed by atoms with van der Waals surface area (Å²) in [5.41, 5.74) is 1.70. The number of halogens is 1. The second-order valence-electron chi connectivity index (χ2n) is 7.45. The average Bonchev–Trinajstić information content (AvgIpc) is 2.68. The Labute approximate surface area is 196 Å². The maximum absolute atomic E-state index is 11.8. The highest BCUT2D eigenvalue weighted by Crippen LogP contribution is 2.22. The summed E-state index contributed by atoms with van der Waals surface area (Å²) in [6, 6.07) is 14.6. The minimum atomic E-state index is -3.43. The summed E-state index contributed by atoms with van der Waals surface area (Å²) in [4.78, 5) is 4.48. The Balaban J connectivity index is 0.00000450. The highest BCUT2D eigenvalue weighted by atomic mass is 127. The van der Waals surface area contributed by atoms with E-state index in [2.05, 4.69) is 20.3 Å². The van der Waals surface area contributed by atoms with Gasteiger partial charge in [0.1, 0.15) is 11.4 Å². The highest BCUT2D eigenvalue weighted by molar-refractivity contribution is 14.0. The summed E-state index contributed by atoms with van der Waals surface area (Å²) in [5, 5.41) is 6.51. The first-order valence-electron chi connectivity index (χ1n) is 9.38. The van der Waals surface area contributed by atoms with Crippen LogP contribution in [-0.2, 0) is 23.1 Å². The number of rotatable bonds is 7. The fraction of sp³-hybridized carbons (Fsp3) is 0.381. The van der Waals surface area contributed by atoms with Crippen LogP contribution in [-0.4, -0.2) is 34.1 Å². The van der Waals surface area contributed by atoms with Crippen molar-refractivity contribution in [2.24, 2.45) is 4.99 Å². The van der Waals surface area contributed by atoms with Crippen molar-refractivity contribution in [3.05, 3.63) is 59.7 Å². The normalized spacial score (nSPS) is 12.1. The van der Waals surface area contributed by atoms with E-state index in [1.165, 1.54) is 7.05 Å². The van der Waals surface area contributed by atoms with Crippen LogP contribution in [0.1, 0.15) is 31.9 Å². The Kier molecular flexibility index (Phi) is 10.1. The van der Waals surface area contributed by atoms with Crippen LogP contribution in [0.4, 0.5) is 0 Å². The molecule has 0 aliphatic carbocycles. The van der Waals surface area contributed by atoms with E-state index in [0.29, 0.717) is 19.0 Å². The summed E-state index contributed by atoms with van der Waals surface area (Å²) >= 11 is 0. The van der Waals surface area contributed by atoms with Crippen LogP contribution in [0.2, 0.25) is 0 Å². The van der Waals surface area contributed by atoms with Gasteiger partial charge < -0.3 is 15.4 Å². The van der Waals surface area contributed by atoms with Crippen molar-refractivity contribution in [2.45, 2.75) is 44.4 Å². The van der Waals surface area contributed by atoms with E-state index >= 15 is 0 Å². The Morgan fingerprint density at radius 2 is 1.60 bits per heavy atom. The van der Waals surface area contributed by atoms with Crippen molar-refractivity contribution >= 4 is 40.0 Å². The minimum absolute atomic E-state index is 0. The van der Waals surface area contributed by atoms with Gasteiger partial charge >= 0.3 is 0 Å². The Hall–Kier alpha value is -1.85. The number of hydrogen-bond acceptors (Lipinski definition) is 4. The van der Waals surface area contributed by atoms with Crippen LogP contribution < -0.4 is 20.1 Å². The first-order chi connectivity index (χ1) is 13.6. The lowest BCUT2D eigenvalue weighted by atomic mass is 10.1. The molecule has 166 valence electrons. The number of nitrogens with one attached hydrogen (secondary N) is 3. The Bertz CT molecular complexity index is 939. The Morgan fingerprint density at radius 3 is 2.17 bits per heavy atom. The van der Waals surface area contributed by atoms with Gasteiger partial charge in [0, 0.05) is 25.7 Å². The molecule has 0 radical (unpaired) electrons. The molecule has 0 saturated carbocycles. The second kappa shape index (κ2) is 11.5. The molecule has 0 fully saturated rings. The monoisotopic (exact) mass is 546 g/mol. The third kappa shape index (κ3) is 8.11. The van der Waals surface area contributed by atoms with E-state index < -0.39 is 10.0 Å². The molecular formula is C21H31IN4O3S. The van der Waals surface area contributed by atoms with Crippen LogP contribution in [0, 0.1) is 0 Å². The fourth-order valence-corrected chi connectivity index (χ4v) is 3.30. The highest BCUT2D eigenvalue weighted by Gasteiger charge is 2.14. The van der Waals surface area contributed by atoms with Gasteiger partial charge in [-0.15, -0.1) is 24.0 Å². The number of para-hydroxylation sites is 1. The van der Waals surface area contributed by atoms with Crippen molar-refractivity contribution < 1.29 is 13.2 Å². The number of sulfonamides is 1. The van der Waals surface area contributed by atoms with E-state index in [1.807, 2.05) is 45.0 Å². The van der Waals surface area contributed by atoms with E-state index in [-0.39, 0.29) is 34.5 Å². The number of aliphatic imine (C=N–C) groups is 1. The lowest BCUT2D eigenvalue weighted by molar-refractivity contribution is 0.129. The summed E-state index contributed by atoms with van der Waals surface area (Å²) in [7, 11) is -0.328. The molecule has 2 rings (SSSR count). The SMILES string of the molecule is CN=C(NCc1ccc(S(=O)(=O)NC)cc1)NCc1ccccc1OC(C)(C)C.I. The molecule has 9 heteroatoms. The topological polar surface area (TPSA) is 91.8 Å². The van der Waals surface area contributed by atoms with Crippen molar-refractivity contribution in [2.75, 3.05) is 14.1 Å². The van der Waals surface area contributed by atoms with Gasteiger partial charge in [0.15, 0.2) is 5.96 Å². The fourth-order valence-electron chi connectivity index (χ4n) is 2.57. The minimum Gasteiger partial charge on any atom is -0.488 e. The molecule has 30 heavy (non-hydrogen) atoms. The molecule has 0 aliphatic heterocycles. The largest absolute Gasteiger partial charge is 0.488 e. The molecule has 2 aromatic rings. The summed E-state index contributed by atoms with van der Waals surface area (Å²) < 4.78 is 31.9. The molecule has 0 heterocycles. The lowest BCUT2D eigenvalue weighted by Crippen LogP contribution is -2.36. The summed E-state index contributed by atoms with van der Waals surface area (Å²) in [6.07, 6.45) is 0. The van der Waals surface area contributed by atoms with E-state index in [0.717, 1.165) is 16.9 Å². The van der Waals surface area contributed by atoms with Crippen molar-refractivity contribution in [3.8, 4) is 5.75 Å². The third-order valence-electron chi connectivity index (χ3n) is 4.02. The molecule has 0 aromatic heterocycles. The molecule has 7 nitrogen and oxygen atoms in total. The number of ether oxygens (including phenoxy) is 1. The van der Waals surface area contributed by atoms with Gasteiger partial charge in [-0.1, -0.05) is 30.3 Å². The maximum atomic E-state index is 11.8. The van der Waals surface area contributed by atoms with Crippen LogP contribution in [0.25, 0.3) is 0 Å². The van der Waals surface area contributed by atoms with Gasteiger partial charge in [-0.05, 0) is 51.6 Å². The number of guanidine groups is 1. The van der Waals surface area contributed by atoms with E-state index in [1.54, 1.807) is 31.3 Å². The van der Waals surface area contributed by atoms with Crippen molar-refractivity contribution in [1.29, 1.82) is 0 Å². The first-order valence-corrected chi connectivity index (χ1v) is 10.9. The van der Waals surface area contributed by atoms with Crippen LogP contribution in [0.3, 0.4) is 0 Å². The predicted molar refractivity (Wildman–Crippen MR) is 132 cm³/mol. The van der Waals surface area contributed by atoms with Gasteiger partial charge in [-0.2, -0.15) is 0 Å². The molecular weight excluding hydrogens is 515 g/mol. The van der Waals surface area contributed by atoms with Crippen molar-refractivity contribution in [3.63, 3.8) is 0 Å². The van der Waals surface area contributed by atoms with Crippen molar-refractivity contribution in [1.82, 2.24) is 15.4 Å². The molecule has 0 unspecified atom stereocenters. The van der Waals surface area contributed by atoms with Gasteiger partial charge in [0.25, 0.3) is 0 Å². The Morgan fingerprint density at radius 1 is 1.00 bits per heavy atom. The van der Waals surface area contributed by atoms with Gasteiger partial charge in [0.2, 0.25) is 10.0 Å². The van der Waals surface area contributed by atoms with Crippen LogP contribution >= 0.6 is 24.0 Å². The number of nitrogens with zero attached hydrogens (tertiary/aromatic N) is 1. The second-order valence-corrected chi connectivity index (χ2v) is 9.34. The van der Waals surface area contributed by atoms with Gasteiger partial charge in [-0.3, -0.25) is 4.99 Å². The zero-order valence-electron chi connectivity index (χ0n) is 18.0. The zero-order chi connectivity index (χ0) is 21.5. The molecule has 0 saturated heterocycles. The zero-order valence-corrected chi connectivity index (χ0v) is 21.2. The summed E-state index contributed by atoms with van der Waals surface area (Å²) in [6.45, 7) is 7.13. The molecule has 0 amide bonds. The molecule has 3 N–H and O–H groups in total. The van der Waals surface area contributed by atoms with Crippen LogP contribution in [0.15, 0.2) is 58.4 Å². The quantitative estimate of drug-likeness (QED) is 0.282. The molecule has 0 aliphatic rings. The smallest absolute Gasteiger partial charge is 0.240 e. The third-order valence-corrected chi connectivity index (χ3v) is 5.45. The van der Waals surface area contributed by atoms with Crippen LogP contribution in [0.5, 0.6) is 5.75 Å². The summed E-state index contributed by atoms with van der Waals surface area (Å²) in [5.74, 6) is 1.48. The first kappa shape index (κ1) is 26.2. The molecule has 0 spiro atoms. The number of benzene rings is 2. The predicted octanol–water partition coefficient (Wildman–Crippen LogP) is 3.26. The average molecular weight is 546 g/mol. The van der Waals surface area contributed by atoms with E-state index in [4.69, 9.17) is 4.74 Å². The van der Waals surface area contributed by atoms with Gasteiger partial charge in [-0.25, -0.2) is 13.1 Å². The van der Waals surface area contributed by atoms with Gasteiger partial charge in [0.05, 0.1) is 4.90 Å². The maximum Gasteiger partial charge on any atom is 0.240 e. The molecule has 2 aromatic carbocycles. The molecule has 0 atom stereocenters. The molecule has 0 bridgehead atoms.